The van der Waals surface area contributed by atoms with E-state index in [2.05, 4.69) is 25.3 Å². The van der Waals surface area contributed by atoms with Crippen LogP contribution in [0.4, 0.5) is 0 Å². The van der Waals surface area contributed by atoms with Gasteiger partial charge in [-0.3, -0.25) is 9.78 Å². The summed E-state index contributed by atoms with van der Waals surface area (Å²) < 4.78 is 5.32. The maximum absolute atomic E-state index is 12.4. The van der Waals surface area contributed by atoms with Crippen molar-refractivity contribution in [3.8, 4) is 11.4 Å². The van der Waals surface area contributed by atoms with E-state index in [1.54, 1.807) is 6.20 Å². The molecule has 0 saturated carbocycles. The normalized spacial score (nSPS) is 19.9. The standard InChI is InChI=1S/C17H23N5O2/c1-11-9-13(6-7-18-11)15-20-17(24-21-15)12(2)19-16(23)14-5-4-8-22(3)10-14/h6-7,9,12,14H,4-5,8,10H2,1-3H3,(H,19,23)/t12-,14?/m0/s1. The van der Waals surface area contributed by atoms with Gasteiger partial charge in [0.05, 0.1) is 5.92 Å². The minimum absolute atomic E-state index is 0.0245. The molecular weight excluding hydrogens is 306 g/mol. The highest BCUT2D eigenvalue weighted by atomic mass is 16.5. The van der Waals surface area contributed by atoms with E-state index in [0.717, 1.165) is 37.2 Å². The van der Waals surface area contributed by atoms with Crippen LogP contribution in [0.1, 0.15) is 37.4 Å². The highest BCUT2D eigenvalue weighted by molar-refractivity contribution is 5.79. The highest BCUT2D eigenvalue weighted by Crippen LogP contribution is 2.20. The molecule has 2 aromatic heterocycles. The molecule has 1 aliphatic heterocycles. The number of aromatic nitrogens is 3. The molecule has 0 spiro atoms. The molecule has 1 aliphatic rings. The van der Waals surface area contributed by atoms with E-state index >= 15 is 0 Å². The molecule has 1 fully saturated rings. The lowest BCUT2D eigenvalue weighted by atomic mass is 9.97. The summed E-state index contributed by atoms with van der Waals surface area (Å²) in [5.41, 5.74) is 1.74. The van der Waals surface area contributed by atoms with Crippen molar-refractivity contribution in [2.24, 2.45) is 5.92 Å². The zero-order valence-electron chi connectivity index (χ0n) is 14.3. The van der Waals surface area contributed by atoms with Gasteiger partial charge in [-0.15, -0.1) is 0 Å². The van der Waals surface area contributed by atoms with Gasteiger partial charge in [0.2, 0.25) is 17.6 Å². The predicted octanol–water partition coefficient (Wildman–Crippen LogP) is 1.96. The van der Waals surface area contributed by atoms with E-state index < -0.39 is 0 Å². The van der Waals surface area contributed by atoms with E-state index in [0.29, 0.717) is 11.7 Å². The molecule has 2 atom stereocenters. The van der Waals surface area contributed by atoms with Crippen LogP contribution in [-0.2, 0) is 4.79 Å². The monoisotopic (exact) mass is 329 g/mol. The zero-order valence-corrected chi connectivity index (χ0v) is 14.3. The molecule has 3 rings (SSSR count). The van der Waals surface area contributed by atoms with Crippen LogP contribution < -0.4 is 5.32 Å². The summed E-state index contributed by atoms with van der Waals surface area (Å²) in [6.07, 6.45) is 3.69. The molecule has 3 heterocycles. The first-order chi connectivity index (χ1) is 11.5. The molecule has 7 nitrogen and oxygen atoms in total. The number of likely N-dealkylation sites (tertiary alicyclic amines) is 1. The van der Waals surface area contributed by atoms with Gasteiger partial charge in [0.25, 0.3) is 0 Å². The third kappa shape index (κ3) is 3.79. The van der Waals surface area contributed by atoms with E-state index in [9.17, 15) is 4.79 Å². The second-order valence-corrected chi connectivity index (χ2v) is 6.47. The van der Waals surface area contributed by atoms with Crippen molar-refractivity contribution in [2.75, 3.05) is 20.1 Å². The molecule has 7 heteroatoms. The number of carbonyl (C=O) groups excluding carboxylic acids is 1. The van der Waals surface area contributed by atoms with Crippen LogP contribution >= 0.6 is 0 Å². The van der Waals surface area contributed by atoms with Gasteiger partial charge in [0.1, 0.15) is 6.04 Å². The fraction of sp³-hybridized carbons (Fsp3) is 0.529. The summed E-state index contributed by atoms with van der Waals surface area (Å²) >= 11 is 0. The molecule has 1 N–H and O–H groups in total. The predicted molar refractivity (Wildman–Crippen MR) is 89.0 cm³/mol. The first-order valence-corrected chi connectivity index (χ1v) is 8.28. The average molecular weight is 329 g/mol. The molecule has 0 bridgehead atoms. The lowest BCUT2D eigenvalue weighted by Crippen LogP contribution is -2.42. The van der Waals surface area contributed by atoms with Crippen molar-refractivity contribution in [3.63, 3.8) is 0 Å². The Morgan fingerprint density at radius 1 is 1.50 bits per heavy atom. The number of hydrogen-bond acceptors (Lipinski definition) is 6. The second kappa shape index (κ2) is 7.09. The average Bonchev–Trinajstić information content (AvgIpc) is 3.05. The minimum Gasteiger partial charge on any atom is -0.344 e. The van der Waals surface area contributed by atoms with Gasteiger partial charge < -0.3 is 14.7 Å². The lowest BCUT2D eigenvalue weighted by molar-refractivity contribution is -0.127. The summed E-state index contributed by atoms with van der Waals surface area (Å²) in [6.45, 7) is 5.62. The number of nitrogens with one attached hydrogen (secondary N) is 1. The Morgan fingerprint density at radius 3 is 3.08 bits per heavy atom. The smallest absolute Gasteiger partial charge is 0.249 e. The van der Waals surface area contributed by atoms with E-state index in [-0.39, 0.29) is 17.9 Å². The van der Waals surface area contributed by atoms with Crippen LogP contribution in [0.5, 0.6) is 0 Å². The number of pyridine rings is 1. The molecule has 24 heavy (non-hydrogen) atoms. The quantitative estimate of drug-likeness (QED) is 0.923. The number of nitrogens with zero attached hydrogens (tertiary/aromatic N) is 4. The van der Waals surface area contributed by atoms with Crippen LogP contribution in [0, 0.1) is 12.8 Å². The minimum atomic E-state index is -0.311. The van der Waals surface area contributed by atoms with Gasteiger partial charge in [0, 0.05) is 24.0 Å². The first-order valence-electron chi connectivity index (χ1n) is 8.28. The fourth-order valence-corrected chi connectivity index (χ4v) is 2.99. The van der Waals surface area contributed by atoms with Crippen LogP contribution in [0.25, 0.3) is 11.4 Å². The largest absolute Gasteiger partial charge is 0.344 e. The van der Waals surface area contributed by atoms with E-state index in [4.69, 9.17) is 4.52 Å². The lowest BCUT2D eigenvalue weighted by Gasteiger charge is -2.29. The van der Waals surface area contributed by atoms with Gasteiger partial charge in [-0.25, -0.2) is 0 Å². The Hall–Kier alpha value is -2.28. The maximum atomic E-state index is 12.4. The van der Waals surface area contributed by atoms with Crippen molar-refractivity contribution in [1.82, 2.24) is 25.3 Å². The van der Waals surface area contributed by atoms with Crippen molar-refractivity contribution in [1.29, 1.82) is 0 Å². The van der Waals surface area contributed by atoms with Crippen LogP contribution in [0.15, 0.2) is 22.9 Å². The van der Waals surface area contributed by atoms with Gasteiger partial charge in [-0.05, 0) is 52.4 Å². The SMILES string of the molecule is Cc1cc(-c2noc([C@H](C)NC(=O)C3CCCN(C)C3)n2)ccn1. The summed E-state index contributed by atoms with van der Waals surface area (Å²) in [7, 11) is 2.05. The summed E-state index contributed by atoms with van der Waals surface area (Å²) in [4.78, 5) is 23.2. The Labute approximate surface area is 141 Å². The molecule has 1 amide bonds. The number of aryl methyl sites for hydroxylation is 1. The zero-order chi connectivity index (χ0) is 17.1. The molecule has 128 valence electrons. The number of rotatable bonds is 4. The Balaban J connectivity index is 1.65. The topological polar surface area (TPSA) is 84.2 Å². The Morgan fingerprint density at radius 2 is 2.33 bits per heavy atom. The molecule has 0 aliphatic carbocycles. The Kier molecular flexibility index (Phi) is 4.89. The van der Waals surface area contributed by atoms with Crippen molar-refractivity contribution >= 4 is 5.91 Å². The van der Waals surface area contributed by atoms with Crippen LogP contribution in [0.2, 0.25) is 0 Å². The third-order valence-electron chi connectivity index (χ3n) is 4.32. The van der Waals surface area contributed by atoms with Gasteiger partial charge in [-0.2, -0.15) is 4.98 Å². The summed E-state index contributed by atoms with van der Waals surface area (Å²) in [5.74, 6) is 0.996. The van der Waals surface area contributed by atoms with Gasteiger partial charge in [-0.1, -0.05) is 5.16 Å². The molecule has 0 aromatic carbocycles. The van der Waals surface area contributed by atoms with Gasteiger partial charge >= 0.3 is 0 Å². The van der Waals surface area contributed by atoms with Crippen LogP contribution in [0.3, 0.4) is 0 Å². The number of hydrogen-bond donors (Lipinski definition) is 1. The molecular formula is C17H23N5O2. The molecule has 0 radical (unpaired) electrons. The third-order valence-corrected chi connectivity index (χ3v) is 4.32. The first kappa shape index (κ1) is 16.6. The number of amides is 1. The van der Waals surface area contributed by atoms with E-state index in [1.807, 2.05) is 33.0 Å². The maximum Gasteiger partial charge on any atom is 0.249 e. The number of piperidine rings is 1. The molecule has 1 saturated heterocycles. The van der Waals surface area contributed by atoms with Crippen molar-refractivity contribution < 1.29 is 9.32 Å². The highest BCUT2D eigenvalue weighted by Gasteiger charge is 2.26. The number of carbonyl (C=O) groups is 1. The van der Waals surface area contributed by atoms with Crippen LogP contribution in [-0.4, -0.2) is 46.1 Å². The van der Waals surface area contributed by atoms with Gasteiger partial charge in [0.15, 0.2) is 0 Å². The summed E-state index contributed by atoms with van der Waals surface area (Å²) in [5, 5.41) is 7.00. The van der Waals surface area contributed by atoms with Crippen molar-refractivity contribution in [2.45, 2.75) is 32.7 Å². The molecule has 1 unspecified atom stereocenters. The fourth-order valence-electron chi connectivity index (χ4n) is 2.99. The molecule has 2 aromatic rings. The van der Waals surface area contributed by atoms with Crippen molar-refractivity contribution in [3.05, 3.63) is 29.9 Å². The summed E-state index contributed by atoms with van der Waals surface area (Å²) in [6, 6.07) is 3.42. The second-order valence-electron chi connectivity index (χ2n) is 6.47. The van der Waals surface area contributed by atoms with E-state index in [1.165, 1.54) is 0 Å². The Bertz CT molecular complexity index is 715.